The summed E-state index contributed by atoms with van der Waals surface area (Å²) in [4.78, 5) is 11.6. The lowest BCUT2D eigenvalue weighted by Gasteiger charge is -2.16. The van der Waals surface area contributed by atoms with E-state index in [0.29, 0.717) is 24.7 Å². The lowest BCUT2D eigenvalue weighted by Crippen LogP contribution is -2.12. The Kier molecular flexibility index (Phi) is 3.37. The van der Waals surface area contributed by atoms with Gasteiger partial charge in [0, 0.05) is 0 Å². The van der Waals surface area contributed by atoms with Crippen molar-refractivity contribution in [3.8, 4) is 11.5 Å². The molecule has 0 amide bonds. The minimum Gasteiger partial charge on any atom is -0.461 e. The molecule has 2 aliphatic heterocycles. The highest BCUT2D eigenvalue weighted by Gasteiger charge is 2.21. The number of benzene rings is 1. The first-order valence-electron chi connectivity index (χ1n) is 6.15. The molecule has 1 aromatic rings. The van der Waals surface area contributed by atoms with Crippen molar-refractivity contribution in [3.63, 3.8) is 0 Å². The van der Waals surface area contributed by atoms with Gasteiger partial charge in [0.1, 0.15) is 6.61 Å². The quantitative estimate of drug-likeness (QED) is 0.572. The third kappa shape index (κ3) is 2.71. The number of carbonyl (C=O) groups is 1. The summed E-state index contributed by atoms with van der Waals surface area (Å²) in [5, 5.41) is 0. The van der Waals surface area contributed by atoms with Gasteiger partial charge in [0.05, 0.1) is 19.1 Å². The number of ether oxygens (including phenoxy) is 4. The Labute approximate surface area is 110 Å². The standard InChI is InChI=1S/C14H14O5/c15-14-8-12(16-5-1-2-6-17-14)10-3-4-11-13(7-10)19-9-18-11/h1-4,7,12H,5-6,8-9H2/b2-1-/t12-/m1/s1. The highest BCUT2D eigenvalue weighted by molar-refractivity contribution is 5.70. The third-order valence-corrected chi connectivity index (χ3v) is 3.02. The Morgan fingerprint density at radius 3 is 2.79 bits per heavy atom. The van der Waals surface area contributed by atoms with Gasteiger partial charge in [0.25, 0.3) is 0 Å². The smallest absolute Gasteiger partial charge is 0.309 e. The SMILES string of the molecule is O=C1C[C@H](c2ccc3c(c2)OCO3)OC/C=C\CO1. The molecule has 0 bridgehead atoms. The lowest BCUT2D eigenvalue weighted by atomic mass is 10.1. The van der Waals surface area contributed by atoms with Crippen LogP contribution in [0.1, 0.15) is 18.1 Å². The van der Waals surface area contributed by atoms with Crippen molar-refractivity contribution in [3.05, 3.63) is 35.9 Å². The van der Waals surface area contributed by atoms with Crippen molar-refractivity contribution in [1.82, 2.24) is 0 Å². The van der Waals surface area contributed by atoms with E-state index in [0.717, 1.165) is 5.56 Å². The van der Waals surface area contributed by atoms with E-state index in [-0.39, 0.29) is 25.3 Å². The van der Waals surface area contributed by atoms with Crippen molar-refractivity contribution in [2.45, 2.75) is 12.5 Å². The molecule has 0 aliphatic carbocycles. The van der Waals surface area contributed by atoms with Crippen molar-refractivity contribution in [2.24, 2.45) is 0 Å². The van der Waals surface area contributed by atoms with Gasteiger partial charge in [-0.2, -0.15) is 0 Å². The van der Waals surface area contributed by atoms with Gasteiger partial charge in [-0.25, -0.2) is 0 Å². The van der Waals surface area contributed by atoms with E-state index < -0.39 is 0 Å². The monoisotopic (exact) mass is 262 g/mol. The van der Waals surface area contributed by atoms with Crippen LogP contribution in [0.5, 0.6) is 11.5 Å². The predicted molar refractivity (Wildman–Crippen MR) is 66.0 cm³/mol. The summed E-state index contributed by atoms with van der Waals surface area (Å²) in [5.41, 5.74) is 0.886. The number of hydrogen-bond donors (Lipinski definition) is 0. The fourth-order valence-corrected chi connectivity index (χ4v) is 2.05. The molecule has 0 saturated heterocycles. The van der Waals surface area contributed by atoms with Gasteiger partial charge >= 0.3 is 5.97 Å². The van der Waals surface area contributed by atoms with Crippen LogP contribution in [-0.4, -0.2) is 26.0 Å². The molecule has 1 atom stereocenters. The molecule has 100 valence electrons. The topological polar surface area (TPSA) is 54.0 Å². The summed E-state index contributed by atoms with van der Waals surface area (Å²) in [6.45, 7) is 0.987. The van der Waals surface area contributed by atoms with Crippen molar-refractivity contribution in [1.29, 1.82) is 0 Å². The molecule has 19 heavy (non-hydrogen) atoms. The highest BCUT2D eigenvalue weighted by atomic mass is 16.7. The number of hydrogen-bond acceptors (Lipinski definition) is 5. The van der Waals surface area contributed by atoms with Crippen LogP contribution in [0, 0.1) is 0 Å². The zero-order chi connectivity index (χ0) is 13.1. The molecule has 0 saturated carbocycles. The van der Waals surface area contributed by atoms with Crippen LogP contribution in [0.25, 0.3) is 0 Å². The van der Waals surface area contributed by atoms with E-state index in [1.165, 1.54) is 0 Å². The molecule has 3 rings (SSSR count). The molecule has 0 radical (unpaired) electrons. The summed E-state index contributed by atoms with van der Waals surface area (Å²) in [6, 6.07) is 5.56. The molecule has 0 N–H and O–H groups in total. The minimum atomic E-state index is -0.329. The second-order valence-corrected chi connectivity index (χ2v) is 4.29. The summed E-state index contributed by atoms with van der Waals surface area (Å²) < 4.78 is 21.3. The average molecular weight is 262 g/mol. The zero-order valence-corrected chi connectivity index (χ0v) is 10.3. The van der Waals surface area contributed by atoms with Gasteiger partial charge < -0.3 is 18.9 Å². The van der Waals surface area contributed by atoms with Crippen LogP contribution in [0.2, 0.25) is 0 Å². The maximum atomic E-state index is 11.6. The van der Waals surface area contributed by atoms with Crippen molar-refractivity contribution < 1.29 is 23.7 Å². The second kappa shape index (κ2) is 5.32. The van der Waals surface area contributed by atoms with Gasteiger partial charge in [-0.15, -0.1) is 0 Å². The Morgan fingerprint density at radius 1 is 1.00 bits per heavy atom. The largest absolute Gasteiger partial charge is 0.461 e. The average Bonchev–Trinajstić information content (AvgIpc) is 2.90. The van der Waals surface area contributed by atoms with Crippen LogP contribution < -0.4 is 9.47 Å². The molecular formula is C14H14O5. The van der Waals surface area contributed by atoms with Crippen LogP contribution in [0.3, 0.4) is 0 Å². The number of carbonyl (C=O) groups excluding carboxylic acids is 1. The molecule has 2 aliphatic rings. The molecule has 2 heterocycles. The van der Waals surface area contributed by atoms with Gasteiger partial charge in [0.15, 0.2) is 11.5 Å². The maximum absolute atomic E-state index is 11.6. The van der Waals surface area contributed by atoms with E-state index >= 15 is 0 Å². The molecule has 1 aromatic carbocycles. The molecule has 0 spiro atoms. The van der Waals surface area contributed by atoms with E-state index in [1.54, 1.807) is 6.08 Å². The highest BCUT2D eigenvalue weighted by Crippen LogP contribution is 2.35. The van der Waals surface area contributed by atoms with E-state index in [4.69, 9.17) is 18.9 Å². The number of esters is 1. The summed E-state index contributed by atoms with van der Waals surface area (Å²) in [5.74, 6) is 1.13. The van der Waals surface area contributed by atoms with Crippen molar-refractivity contribution in [2.75, 3.05) is 20.0 Å². The first-order valence-corrected chi connectivity index (χ1v) is 6.15. The Balaban J connectivity index is 1.82. The Bertz CT molecular complexity index is 509. The summed E-state index contributed by atoms with van der Waals surface area (Å²) in [7, 11) is 0. The van der Waals surface area contributed by atoms with Gasteiger partial charge in [-0.05, 0) is 23.8 Å². The van der Waals surface area contributed by atoms with Crippen LogP contribution in [-0.2, 0) is 14.3 Å². The lowest BCUT2D eigenvalue weighted by molar-refractivity contribution is -0.145. The molecule has 0 fully saturated rings. The zero-order valence-electron chi connectivity index (χ0n) is 10.3. The van der Waals surface area contributed by atoms with Crippen molar-refractivity contribution >= 4 is 5.97 Å². The molecule has 0 unspecified atom stereocenters. The van der Waals surface area contributed by atoms with Gasteiger partial charge in [-0.3, -0.25) is 4.79 Å². The third-order valence-electron chi connectivity index (χ3n) is 3.02. The molecular weight excluding hydrogens is 248 g/mol. The van der Waals surface area contributed by atoms with Gasteiger partial charge in [0.2, 0.25) is 6.79 Å². The van der Waals surface area contributed by atoms with Gasteiger partial charge in [-0.1, -0.05) is 12.1 Å². The number of rotatable bonds is 1. The Hall–Kier alpha value is -2.01. The van der Waals surface area contributed by atoms with Crippen LogP contribution in [0.4, 0.5) is 0 Å². The fraction of sp³-hybridized carbons (Fsp3) is 0.357. The predicted octanol–water partition coefficient (Wildman–Crippen LogP) is 1.98. The number of cyclic esters (lactones) is 1. The fourth-order valence-electron chi connectivity index (χ4n) is 2.05. The maximum Gasteiger partial charge on any atom is 0.309 e. The molecule has 0 aromatic heterocycles. The first kappa shape index (κ1) is 12.0. The van der Waals surface area contributed by atoms with Crippen LogP contribution >= 0.6 is 0 Å². The minimum absolute atomic E-state index is 0.196. The summed E-state index contributed by atoms with van der Waals surface area (Å²) >= 11 is 0. The molecule has 5 heteroatoms. The molecule has 5 nitrogen and oxygen atoms in total. The summed E-state index contributed by atoms with van der Waals surface area (Å²) in [6.07, 6.45) is 3.49. The van der Waals surface area contributed by atoms with E-state index in [9.17, 15) is 4.79 Å². The Morgan fingerprint density at radius 2 is 1.84 bits per heavy atom. The number of fused-ring (bicyclic) bond motifs is 1. The van der Waals surface area contributed by atoms with Crippen LogP contribution in [0.15, 0.2) is 30.4 Å². The van der Waals surface area contributed by atoms with E-state index in [2.05, 4.69) is 0 Å². The van der Waals surface area contributed by atoms with E-state index in [1.807, 2.05) is 24.3 Å². The first-order chi connectivity index (χ1) is 9.33. The second-order valence-electron chi connectivity index (χ2n) is 4.29. The normalized spacial score (nSPS) is 24.0.